The highest BCUT2D eigenvalue weighted by Crippen LogP contribution is 2.27. The fourth-order valence-corrected chi connectivity index (χ4v) is 4.24. The molecule has 4 rings (SSSR count). The van der Waals surface area contributed by atoms with Crippen LogP contribution in [0.25, 0.3) is 0 Å². The van der Waals surface area contributed by atoms with E-state index in [1.165, 1.54) is 21.7 Å². The highest BCUT2D eigenvalue weighted by atomic mass is 35.5. The molecule has 26 heavy (non-hydrogen) atoms. The molecular weight excluding hydrogens is 346 g/mol. The smallest absolute Gasteiger partial charge is 0.282 e. The predicted molar refractivity (Wildman–Crippen MR) is 106 cm³/mol. The molecule has 0 aliphatic carbocycles. The lowest BCUT2D eigenvalue weighted by molar-refractivity contribution is -0.892. The van der Waals surface area contributed by atoms with E-state index in [0.29, 0.717) is 6.54 Å². The molecule has 0 bridgehead atoms. The molecule has 136 valence electrons. The van der Waals surface area contributed by atoms with Crippen molar-refractivity contribution in [2.45, 2.75) is 13.3 Å². The van der Waals surface area contributed by atoms with Gasteiger partial charge in [0.1, 0.15) is 0 Å². The number of rotatable bonds is 3. The molecule has 0 unspecified atom stereocenters. The van der Waals surface area contributed by atoms with E-state index in [0.717, 1.165) is 49.9 Å². The molecule has 0 saturated carbocycles. The van der Waals surface area contributed by atoms with Crippen molar-refractivity contribution in [2.24, 2.45) is 0 Å². The molecule has 2 aromatic rings. The van der Waals surface area contributed by atoms with Gasteiger partial charge in [-0.05, 0) is 42.7 Å². The Balaban J connectivity index is 1.36. The zero-order valence-electron chi connectivity index (χ0n) is 15.2. The summed E-state index contributed by atoms with van der Waals surface area (Å²) >= 11 is 6.17. The van der Waals surface area contributed by atoms with Crippen molar-refractivity contribution >= 4 is 28.9 Å². The SMILES string of the molecule is Cc1ccc(Cl)cc1N1CC[NH+](CC(=O)N2CCc3ccccc32)CC1. The second kappa shape index (κ2) is 7.29. The lowest BCUT2D eigenvalue weighted by atomic mass is 10.1. The van der Waals surface area contributed by atoms with Gasteiger partial charge in [-0.15, -0.1) is 0 Å². The van der Waals surface area contributed by atoms with Crippen LogP contribution in [0.2, 0.25) is 5.02 Å². The summed E-state index contributed by atoms with van der Waals surface area (Å²) < 4.78 is 0. The van der Waals surface area contributed by atoms with Crippen molar-refractivity contribution in [2.75, 3.05) is 49.1 Å². The largest absolute Gasteiger partial charge is 0.360 e. The van der Waals surface area contributed by atoms with Crippen LogP contribution in [0.3, 0.4) is 0 Å². The fourth-order valence-electron chi connectivity index (χ4n) is 4.07. The second-order valence-electron chi connectivity index (χ2n) is 7.27. The van der Waals surface area contributed by atoms with Crippen LogP contribution in [0.15, 0.2) is 42.5 Å². The third-order valence-electron chi connectivity index (χ3n) is 5.57. The number of aryl methyl sites for hydroxylation is 1. The number of quaternary nitrogens is 1. The molecule has 0 radical (unpaired) electrons. The van der Waals surface area contributed by atoms with Gasteiger partial charge in [0.2, 0.25) is 0 Å². The molecule has 0 aromatic heterocycles. The molecule has 5 heteroatoms. The number of carbonyl (C=O) groups is 1. The number of hydrogen-bond donors (Lipinski definition) is 1. The summed E-state index contributed by atoms with van der Waals surface area (Å²) in [6, 6.07) is 14.3. The van der Waals surface area contributed by atoms with Gasteiger partial charge in [0.25, 0.3) is 5.91 Å². The zero-order valence-corrected chi connectivity index (χ0v) is 15.9. The van der Waals surface area contributed by atoms with Crippen LogP contribution < -0.4 is 14.7 Å². The first-order chi connectivity index (χ1) is 12.6. The predicted octanol–water partition coefficient (Wildman–Crippen LogP) is 1.94. The average Bonchev–Trinajstić information content (AvgIpc) is 3.09. The highest BCUT2D eigenvalue weighted by Gasteiger charge is 2.29. The number of carbonyl (C=O) groups excluding carboxylic acids is 1. The summed E-state index contributed by atoms with van der Waals surface area (Å²) in [7, 11) is 0. The number of nitrogens with one attached hydrogen (secondary N) is 1. The van der Waals surface area contributed by atoms with E-state index < -0.39 is 0 Å². The fraction of sp³-hybridized carbons (Fsp3) is 0.381. The first-order valence-electron chi connectivity index (χ1n) is 9.35. The van der Waals surface area contributed by atoms with Crippen molar-refractivity contribution in [3.05, 3.63) is 58.6 Å². The lowest BCUT2D eigenvalue weighted by Gasteiger charge is -2.34. The third-order valence-corrected chi connectivity index (χ3v) is 5.81. The monoisotopic (exact) mass is 370 g/mol. The minimum atomic E-state index is 0.248. The standard InChI is InChI=1S/C21H24ClN3O/c1-16-6-7-18(22)14-20(16)24-12-10-23(11-13-24)15-21(26)25-9-8-17-4-2-3-5-19(17)25/h2-7,14H,8-13,15H2,1H3/p+1. The molecule has 0 atom stereocenters. The second-order valence-corrected chi connectivity index (χ2v) is 7.71. The molecule has 1 N–H and O–H groups in total. The third kappa shape index (κ3) is 3.44. The Morgan fingerprint density at radius 3 is 2.65 bits per heavy atom. The van der Waals surface area contributed by atoms with Gasteiger partial charge in [0, 0.05) is 22.9 Å². The Hall–Kier alpha value is -2.04. The van der Waals surface area contributed by atoms with E-state index >= 15 is 0 Å². The summed E-state index contributed by atoms with van der Waals surface area (Å²) in [5, 5.41) is 0.781. The van der Waals surface area contributed by atoms with Crippen molar-refractivity contribution in [3.8, 4) is 0 Å². The Kier molecular flexibility index (Phi) is 4.88. The molecule has 4 nitrogen and oxygen atoms in total. The van der Waals surface area contributed by atoms with Gasteiger partial charge < -0.3 is 14.7 Å². The summed E-state index contributed by atoms with van der Waals surface area (Å²) in [5.74, 6) is 0.248. The first kappa shape index (κ1) is 17.4. The van der Waals surface area contributed by atoms with Gasteiger partial charge in [-0.1, -0.05) is 35.9 Å². The minimum absolute atomic E-state index is 0.248. The maximum atomic E-state index is 12.8. The Morgan fingerprint density at radius 1 is 1.08 bits per heavy atom. The summed E-state index contributed by atoms with van der Waals surface area (Å²) in [6.07, 6.45) is 0.971. The molecule has 1 fully saturated rings. The number of para-hydroxylation sites is 1. The van der Waals surface area contributed by atoms with Crippen molar-refractivity contribution in [1.29, 1.82) is 0 Å². The number of fused-ring (bicyclic) bond motifs is 1. The van der Waals surface area contributed by atoms with Crippen molar-refractivity contribution in [1.82, 2.24) is 0 Å². The van der Waals surface area contributed by atoms with Crippen LogP contribution in [0, 0.1) is 6.92 Å². The number of piperazine rings is 1. The van der Waals surface area contributed by atoms with Gasteiger partial charge in [0.05, 0.1) is 26.2 Å². The first-order valence-corrected chi connectivity index (χ1v) is 9.72. The van der Waals surface area contributed by atoms with E-state index in [1.807, 2.05) is 23.1 Å². The summed E-state index contributed by atoms with van der Waals surface area (Å²) in [6.45, 7) is 7.40. The molecule has 2 heterocycles. The topological polar surface area (TPSA) is 28.0 Å². The average molecular weight is 371 g/mol. The van der Waals surface area contributed by atoms with Gasteiger partial charge >= 0.3 is 0 Å². The molecule has 2 aromatic carbocycles. The molecule has 2 aliphatic heterocycles. The van der Waals surface area contributed by atoms with Crippen LogP contribution in [0.1, 0.15) is 11.1 Å². The Bertz CT molecular complexity index is 815. The Morgan fingerprint density at radius 2 is 1.85 bits per heavy atom. The number of hydrogen-bond acceptors (Lipinski definition) is 2. The number of halogens is 1. The molecule has 0 spiro atoms. The van der Waals surface area contributed by atoms with Gasteiger partial charge in [-0.25, -0.2) is 0 Å². The molecular formula is C21H25ClN3O+. The number of anilines is 2. The van der Waals surface area contributed by atoms with E-state index in [4.69, 9.17) is 11.6 Å². The number of nitrogens with zero attached hydrogens (tertiary/aromatic N) is 2. The van der Waals surface area contributed by atoms with Gasteiger partial charge in [-0.3, -0.25) is 4.79 Å². The summed E-state index contributed by atoms with van der Waals surface area (Å²) in [4.78, 5) is 18.5. The number of benzene rings is 2. The summed E-state index contributed by atoms with van der Waals surface area (Å²) in [5.41, 5.74) is 4.86. The van der Waals surface area contributed by atoms with Crippen molar-refractivity contribution in [3.63, 3.8) is 0 Å². The molecule has 2 aliphatic rings. The van der Waals surface area contributed by atoms with E-state index in [-0.39, 0.29) is 5.91 Å². The molecule has 1 saturated heterocycles. The van der Waals surface area contributed by atoms with Crippen LogP contribution in [0.4, 0.5) is 11.4 Å². The normalized spacial score (nSPS) is 17.5. The maximum Gasteiger partial charge on any atom is 0.282 e. The van der Waals surface area contributed by atoms with E-state index in [2.05, 4.69) is 36.1 Å². The van der Waals surface area contributed by atoms with E-state index in [1.54, 1.807) is 0 Å². The van der Waals surface area contributed by atoms with Crippen molar-refractivity contribution < 1.29 is 9.69 Å². The van der Waals surface area contributed by atoms with Crippen LogP contribution in [-0.4, -0.2) is 45.2 Å². The van der Waals surface area contributed by atoms with E-state index in [9.17, 15) is 4.79 Å². The van der Waals surface area contributed by atoms with Crippen LogP contribution in [0.5, 0.6) is 0 Å². The lowest BCUT2D eigenvalue weighted by Crippen LogP contribution is -3.16. The highest BCUT2D eigenvalue weighted by molar-refractivity contribution is 6.30. The van der Waals surface area contributed by atoms with Gasteiger partial charge in [-0.2, -0.15) is 0 Å². The molecule has 1 amide bonds. The zero-order chi connectivity index (χ0) is 18.1. The number of amides is 1. The minimum Gasteiger partial charge on any atom is -0.360 e. The Labute approximate surface area is 160 Å². The van der Waals surface area contributed by atoms with Crippen LogP contribution >= 0.6 is 11.6 Å². The quantitative estimate of drug-likeness (QED) is 0.894. The maximum absolute atomic E-state index is 12.8. The van der Waals surface area contributed by atoms with Gasteiger partial charge in [0.15, 0.2) is 6.54 Å². The van der Waals surface area contributed by atoms with Crippen LogP contribution in [-0.2, 0) is 11.2 Å².